The Labute approximate surface area is 224 Å². The molecule has 3 aromatic carbocycles. The van der Waals surface area contributed by atoms with E-state index in [1.54, 1.807) is 0 Å². The summed E-state index contributed by atoms with van der Waals surface area (Å²) in [6.07, 6.45) is -9.63. The largest absolute Gasteiger partial charge is 0.416 e. The van der Waals surface area contributed by atoms with Crippen molar-refractivity contribution in [3.05, 3.63) is 106 Å². The fourth-order valence-corrected chi connectivity index (χ4v) is 5.05. The molecule has 12 heteroatoms. The average molecular weight is 568 g/mol. The van der Waals surface area contributed by atoms with Crippen molar-refractivity contribution < 1.29 is 45.4 Å². The highest BCUT2D eigenvalue weighted by atomic mass is 19.4. The second kappa shape index (κ2) is 10.6. The van der Waals surface area contributed by atoms with Crippen LogP contribution < -0.4 is 5.32 Å². The summed E-state index contributed by atoms with van der Waals surface area (Å²) < 4.78 is 93.7. The highest BCUT2D eigenvalue weighted by Gasteiger charge is 2.53. The van der Waals surface area contributed by atoms with Crippen molar-refractivity contribution in [3.63, 3.8) is 0 Å². The monoisotopic (exact) mass is 568 g/mol. The lowest BCUT2D eigenvalue weighted by molar-refractivity contribution is -0.143. The minimum atomic E-state index is -4.89. The zero-order chi connectivity index (χ0) is 29.5. The van der Waals surface area contributed by atoms with Gasteiger partial charge in [0.2, 0.25) is 5.91 Å². The summed E-state index contributed by atoms with van der Waals surface area (Å²) in [6, 6.07) is 12.1. The van der Waals surface area contributed by atoms with Gasteiger partial charge in [-0.25, -0.2) is 4.39 Å². The maximum Gasteiger partial charge on any atom is 0.416 e. The number of nitrogens with zero attached hydrogens (tertiary/aromatic N) is 1. The Kier molecular flexibility index (Phi) is 7.68. The Balaban J connectivity index is 1.92. The number of hydrogen-bond acceptors (Lipinski definition) is 3. The van der Waals surface area contributed by atoms with Gasteiger partial charge < -0.3 is 15.3 Å². The molecule has 40 heavy (non-hydrogen) atoms. The van der Waals surface area contributed by atoms with Crippen molar-refractivity contribution in [3.8, 4) is 0 Å². The van der Waals surface area contributed by atoms with Crippen LogP contribution in [-0.4, -0.2) is 34.5 Å². The Morgan fingerprint density at radius 3 is 2.23 bits per heavy atom. The van der Waals surface area contributed by atoms with Gasteiger partial charge >= 0.3 is 12.4 Å². The van der Waals surface area contributed by atoms with E-state index in [9.17, 15) is 45.4 Å². The van der Waals surface area contributed by atoms with Gasteiger partial charge in [0.15, 0.2) is 0 Å². The predicted molar refractivity (Wildman–Crippen MR) is 129 cm³/mol. The number of aliphatic hydroxyl groups excluding tert-OH is 1. The third kappa shape index (κ3) is 5.67. The minimum absolute atomic E-state index is 0.0390. The van der Waals surface area contributed by atoms with Crippen LogP contribution in [0.15, 0.2) is 66.7 Å². The minimum Gasteiger partial charge on any atom is -0.392 e. The van der Waals surface area contributed by atoms with Crippen LogP contribution in [0.25, 0.3) is 0 Å². The summed E-state index contributed by atoms with van der Waals surface area (Å²) in [5.41, 5.74) is -2.60. The molecule has 0 aromatic heterocycles. The third-order valence-electron chi connectivity index (χ3n) is 6.87. The average Bonchev–Trinajstić information content (AvgIpc) is 2.89. The molecule has 0 spiro atoms. The Bertz CT molecular complexity index is 1420. The summed E-state index contributed by atoms with van der Waals surface area (Å²) in [5, 5.41) is 11.3. The van der Waals surface area contributed by atoms with Gasteiger partial charge in [-0.05, 0) is 53.4 Å². The maximum atomic E-state index is 14.2. The molecule has 0 saturated carbocycles. The van der Waals surface area contributed by atoms with Gasteiger partial charge in [0.1, 0.15) is 12.4 Å². The molecular weight excluding hydrogens is 545 g/mol. The molecule has 0 bridgehead atoms. The van der Waals surface area contributed by atoms with E-state index in [1.165, 1.54) is 55.5 Å². The van der Waals surface area contributed by atoms with Gasteiger partial charge in [0.05, 0.1) is 23.6 Å². The molecule has 2 N–H and O–H groups in total. The van der Waals surface area contributed by atoms with E-state index in [-0.39, 0.29) is 28.9 Å². The molecule has 4 rings (SSSR count). The molecule has 5 nitrogen and oxygen atoms in total. The van der Waals surface area contributed by atoms with E-state index in [1.807, 2.05) is 5.32 Å². The SMILES string of the molecule is C[C@]1(C(=O)NCC(F)(F)F)c2ccccc2C(=O)N(Cc2cc(F)cc(C(F)(F)F)c2)[C@H]1c1ccc(CO)cc1. The number of hydrogen-bond donors (Lipinski definition) is 2. The third-order valence-corrected chi connectivity index (χ3v) is 6.87. The highest BCUT2D eigenvalue weighted by molar-refractivity contribution is 6.03. The van der Waals surface area contributed by atoms with Gasteiger partial charge in [0.25, 0.3) is 5.91 Å². The molecule has 1 heterocycles. The Hall–Kier alpha value is -3.93. The van der Waals surface area contributed by atoms with Crippen molar-refractivity contribution in [1.29, 1.82) is 0 Å². The number of carbonyl (C=O) groups is 2. The molecule has 1 aliphatic rings. The first-order valence-electron chi connectivity index (χ1n) is 12.0. The van der Waals surface area contributed by atoms with E-state index in [0.29, 0.717) is 17.7 Å². The van der Waals surface area contributed by atoms with E-state index < -0.39 is 60.1 Å². The molecule has 0 radical (unpaired) electrons. The molecule has 0 fully saturated rings. The molecule has 3 aromatic rings. The molecule has 0 saturated heterocycles. The van der Waals surface area contributed by atoms with Crippen LogP contribution in [0.2, 0.25) is 0 Å². The van der Waals surface area contributed by atoms with E-state index >= 15 is 0 Å². The predicted octanol–water partition coefficient (Wildman–Crippen LogP) is 5.67. The number of fused-ring (bicyclic) bond motifs is 1. The number of nitrogens with one attached hydrogen (secondary N) is 1. The van der Waals surface area contributed by atoms with E-state index in [2.05, 4.69) is 0 Å². The van der Waals surface area contributed by atoms with Crippen LogP contribution in [0.3, 0.4) is 0 Å². The summed E-state index contributed by atoms with van der Waals surface area (Å²) in [7, 11) is 0. The molecule has 2 amide bonds. The smallest absolute Gasteiger partial charge is 0.392 e. The first-order chi connectivity index (χ1) is 18.6. The van der Waals surface area contributed by atoms with Gasteiger partial charge in [-0.2, -0.15) is 26.3 Å². The summed E-state index contributed by atoms with van der Waals surface area (Å²) in [5.74, 6) is -3.00. The van der Waals surface area contributed by atoms with Gasteiger partial charge in [-0.1, -0.05) is 42.5 Å². The second-order valence-electron chi connectivity index (χ2n) is 9.63. The van der Waals surface area contributed by atoms with Crippen molar-refractivity contribution in [1.82, 2.24) is 10.2 Å². The maximum absolute atomic E-state index is 14.2. The first-order valence-corrected chi connectivity index (χ1v) is 12.0. The van der Waals surface area contributed by atoms with Crippen LogP contribution in [-0.2, 0) is 29.5 Å². The van der Waals surface area contributed by atoms with Gasteiger partial charge in [0, 0.05) is 12.1 Å². The van der Waals surface area contributed by atoms with Crippen LogP contribution in [0.1, 0.15) is 51.1 Å². The molecule has 0 aliphatic carbocycles. The fraction of sp³-hybridized carbons (Fsp3) is 0.286. The highest BCUT2D eigenvalue weighted by Crippen LogP contribution is 2.48. The van der Waals surface area contributed by atoms with Crippen LogP contribution >= 0.6 is 0 Å². The number of carbonyl (C=O) groups excluding carboxylic acids is 2. The van der Waals surface area contributed by atoms with Crippen molar-refractivity contribution in [2.45, 2.75) is 43.9 Å². The van der Waals surface area contributed by atoms with Crippen LogP contribution in [0.4, 0.5) is 30.7 Å². The van der Waals surface area contributed by atoms with Crippen LogP contribution in [0, 0.1) is 5.82 Å². The standard InChI is InChI=1S/C28H23F7N2O3/c1-26(25(40)36-15-27(30,31)32)22-5-3-2-4-21(22)24(39)37(23(26)18-8-6-16(14-38)7-9-18)13-17-10-19(28(33,34)35)12-20(29)11-17/h2-12,23,38H,13-15H2,1H3,(H,36,40)/t23-,26-/m0/s1. The lowest BCUT2D eigenvalue weighted by Gasteiger charge is -2.48. The van der Waals surface area contributed by atoms with Gasteiger partial charge in [-0.3, -0.25) is 9.59 Å². The molecular formula is C28H23F7N2O3. The Morgan fingerprint density at radius 1 is 0.975 bits per heavy atom. The molecule has 1 aliphatic heterocycles. The zero-order valence-electron chi connectivity index (χ0n) is 20.9. The van der Waals surface area contributed by atoms with Gasteiger partial charge in [-0.15, -0.1) is 0 Å². The number of rotatable bonds is 6. The molecule has 0 unspecified atom stereocenters. The number of benzene rings is 3. The normalized spacial score (nSPS) is 19.4. The number of amides is 2. The number of halogens is 7. The summed E-state index contributed by atoms with van der Waals surface area (Å²) in [4.78, 5) is 28.4. The first kappa shape index (κ1) is 29.1. The topological polar surface area (TPSA) is 69.6 Å². The lowest BCUT2D eigenvalue weighted by atomic mass is 9.67. The fourth-order valence-electron chi connectivity index (χ4n) is 5.05. The molecule has 2 atom stereocenters. The van der Waals surface area contributed by atoms with Crippen molar-refractivity contribution in [2.24, 2.45) is 0 Å². The van der Waals surface area contributed by atoms with Crippen LogP contribution in [0.5, 0.6) is 0 Å². The summed E-state index contributed by atoms with van der Waals surface area (Å²) >= 11 is 0. The Morgan fingerprint density at radius 2 is 1.62 bits per heavy atom. The number of aliphatic hydroxyl groups is 1. The van der Waals surface area contributed by atoms with E-state index in [4.69, 9.17) is 0 Å². The molecule has 212 valence electrons. The summed E-state index contributed by atoms with van der Waals surface area (Å²) in [6.45, 7) is -1.26. The quantitative estimate of drug-likeness (QED) is 0.377. The lowest BCUT2D eigenvalue weighted by Crippen LogP contribution is -2.57. The van der Waals surface area contributed by atoms with Crippen molar-refractivity contribution in [2.75, 3.05) is 6.54 Å². The van der Waals surface area contributed by atoms with E-state index in [0.717, 1.165) is 11.0 Å². The number of alkyl halides is 6. The second-order valence-corrected chi connectivity index (χ2v) is 9.63. The zero-order valence-corrected chi connectivity index (χ0v) is 20.9. The van der Waals surface area contributed by atoms with Crippen molar-refractivity contribution >= 4 is 11.8 Å².